The first-order valence-electron chi connectivity index (χ1n) is 13.0. The SMILES string of the molecule is C[C@@H](C[C@H](NC(=O)c1ccc(-c2cc(C(=O)O)ccc2Cl)cc1)C(=O)NC1(C#N)CCOCC1)c1ccccc1. The van der Waals surface area contributed by atoms with Gasteiger partial charge in [-0.15, -0.1) is 0 Å². The van der Waals surface area contributed by atoms with Gasteiger partial charge in [-0.3, -0.25) is 9.59 Å². The smallest absolute Gasteiger partial charge is 0.335 e. The van der Waals surface area contributed by atoms with Crippen molar-refractivity contribution in [1.29, 1.82) is 5.26 Å². The number of carbonyl (C=O) groups excluding carboxylic acids is 2. The molecular weight excluding hydrogens is 530 g/mol. The first kappa shape index (κ1) is 28.8. The largest absolute Gasteiger partial charge is 0.478 e. The maximum Gasteiger partial charge on any atom is 0.335 e. The van der Waals surface area contributed by atoms with Crippen LogP contribution in [0, 0.1) is 11.3 Å². The van der Waals surface area contributed by atoms with E-state index in [0.717, 1.165) is 5.56 Å². The molecule has 8 nitrogen and oxygen atoms in total. The van der Waals surface area contributed by atoms with E-state index in [1.54, 1.807) is 24.3 Å². The number of benzene rings is 3. The van der Waals surface area contributed by atoms with Gasteiger partial charge < -0.3 is 20.5 Å². The van der Waals surface area contributed by atoms with Crippen LogP contribution in [0.3, 0.4) is 0 Å². The fourth-order valence-electron chi connectivity index (χ4n) is 4.73. The molecule has 1 aliphatic rings. The van der Waals surface area contributed by atoms with Gasteiger partial charge in [-0.05, 0) is 53.8 Å². The van der Waals surface area contributed by atoms with Crippen molar-refractivity contribution < 1.29 is 24.2 Å². The molecule has 2 amide bonds. The minimum absolute atomic E-state index is 0.0454. The molecule has 3 aromatic carbocycles. The highest BCUT2D eigenvalue weighted by atomic mass is 35.5. The van der Waals surface area contributed by atoms with Crippen LogP contribution in [-0.2, 0) is 9.53 Å². The molecule has 0 radical (unpaired) electrons. The number of amides is 2. The second kappa shape index (κ2) is 12.8. The van der Waals surface area contributed by atoms with Crippen LogP contribution in [0.15, 0.2) is 72.8 Å². The monoisotopic (exact) mass is 559 g/mol. The molecule has 4 rings (SSSR count). The number of carbonyl (C=O) groups is 3. The Morgan fingerprint density at radius 3 is 2.30 bits per heavy atom. The highest BCUT2D eigenvalue weighted by Crippen LogP contribution is 2.29. The summed E-state index contributed by atoms with van der Waals surface area (Å²) in [6.45, 7) is 2.73. The molecule has 3 N–H and O–H groups in total. The molecule has 0 bridgehead atoms. The molecule has 1 fully saturated rings. The maximum atomic E-state index is 13.5. The minimum Gasteiger partial charge on any atom is -0.478 e. The third kappa shape index (κ3) is 6.87. The maximum absolute atomic E-state index is 13.5. The lowest BCUT2D eigenvalue weighted by Crippen LogP contribution is -2.57. The molecular formula is C31H30ClN3O5. The number of hydrogen-bond acceptors (Lipinski definition) is 5. The fraction of sp³-hybridized carbons (Fsp3) is 0.290. The highest BCUT2D eigenvalue weighted by Gasteiger charge is 2.37. The average Bonchev–Trinajstić information content (AvgIpc) is 2.97. The Hall–Kier alpha value is -4.19. The predicted molar refractivity (Wildman–Crippen MR) is 151 cm³/mol. The summed E-state index contributed by atoms with van der Waals surface area (Å²) < 4.78 is 5.37. The molecule has 0 spiro atoms. The van der Waals surface area contributed by atoms with Crippen LogP contribution in [0.5, 0.6) is 0 Å². The molecule has 0 unspecified atom stereocenters. The Morgan fingerprint density at radius 1 is 1.02 bits per heavy atom. The Balaban J connectivity index is 1.54. The summed E-state index contributed by atoms with van der Waals surface area (Å²) in [5.74, 6) is -1.98. The number of ether oxygens (including phenoxy) is 1. The Kier molecular flexibility index (Phi) is 9.20. The standard InChI is InChI=1S/C31H30ClN3O5/c1-20(21-5-3-2-4-6-21)17-27(29(37)35-31(19-33)13-15-40-16-14-31)34-28(36)23-9-7-22(8-10-23)25-18-24(30(38)39)11-12-26(25)32/h2-12,18,20,27H,13-17H2,1H3,(H,34,36)(H,35,37)(H,38,39)/t20-,27-/m0/s1. The summed E-state index contributed by atoms with van der Waals surface area (Å²) in [4.78, 5) is 38.2. The average molecular weight is 560 g/mol. The zero-order chi connectivity index (χ0) is 28.7. The predicted octanol–water partition coefficient (Wildman–Crippen LogP) is 5.19. The minimum atomic E-state index is -1.07. The van der Waals surface area contributed by atoms with Crippen LogP contribution in [0.2, 0.25) is 5.02 Å². The van der Waals surface area contributed by atoms with Crippen molar-refractivity contribution in [2.45, 2.75) is 43.7 Å². The molecule has 206 valence electrons. The summed E-state index contributed by atoms with van der Waals surface area (Å²) in [7, 11) is 0. The molecule has 1 aliphatic heterocycles. The van der Waals surface area contributed by atoms with E-state index in [0.29, 0.717) is 54.2 Å². The number of nitrogens with one attached hydrogen (secondary N) is 2. The van der Waals surface area contributed by atoms with Crippen LogP contribution < -0.4 is 10.6 Å². The van der Waals surface area contributed by atoms with Crippen molar-refractivity contribution >= 4 is 29.4 Å². The summed E-state index contributed by atoms with van der Waals surface area (Å²) in [6.07, 6.45) is 1.07. The summed E-state index contributed by atoms with van der Waals surface area (Å²) in [6, 6.07) is 22.0. The van der Waals surface area contributed by atoms with Crippen LogP contribution in [0.4, 0.5) is 0 Å². The van der Waals surface area contributed by atoms with E-state index in [1.165, 1.54) is 18.2 Å². The van der Waals surface area contributed by atoms with Crippen molar-refractivity contribution in [3.8, 4) is 17.2 Å². The summed E-state index contributed by atoms with van der Waals surface area (Å²) in [5.41, 5.74) is 1.58. The van der Waals surface area contributed by atoms with Gasteiger partial charge in [0.1, 0.15) is 11.6 Å². The normalized spacial score (nSPS) is 15.7. The van der Waals surface area contributed by atoms with E-state index in [1.807, 2.05) is 37.3 Å². The van der Waals surface area contributed by atoms with Crippen molar-refractivity contribution in [3.05, 3.63) is 94.5 Å². The summed E-state index contributed by atoms with van der Waals surface area (Å²) >= 11 is 6.30. The second-order valence-corrected chi connectivity index (χ2v) is 10.4. The number of nitrogens with zero attached hydrogens (tertiary/aromatic N) is 1. The number of carboxylic acids is 1. The van der Waals surface area contributed by atoms with E-state index < -0.39 is 29.4 Å². The number of carboxylic acid groups (broad SMARTS) is 1. The Bertz CT molecular complexity index is 1410. The molecule has 2 atom stereocenters. The molecule has 9 heteroatoms. The number of aromatic carboxylic acids is 1. The lowest BCUT2D eigenvalue weighted by atomic mass is 9.89. The quantitative estimate of drug-likeness (QED) is 0.331. The zero-order valence-electron chi connectivity index (χ0n) is 22.0. The van der Waals surface area contributed by atoms with Crippen LogP contribution in [-0.4, -0.2) is 47.7 Å². The van der Waals surface area contributed by atoms with E-state index in [4.69, 9.17) is 16.3 Å². The van der Waals surface area contributed by atoms with Gasteiger partial charge in [-0.1, -0.05) is 61.0 Å². The van der Waals surface area contributed by atoms with Gasteiger partial charge in [0.15, 0.2) is 0 Å². The van der Waals surface area contributed by atoms with E-state index in [-0.39, 0.29) is 11.5 Å². The van der Waals surface area contributed by atoms with E-state index in [2.05, 4.69) is 16.7 Å². The molecule has 40 heavy (non-hydrogen) atoms. The molecule has 3 aromatic rings. The third-order valence-corrected chi connectivity index (χ3v) is 7.50. The second-order valence-electron chi connectivity index (χ2n) is 9.95. The zero-order valence-corrected chi connectivity index (χ0v) is 22.8. The van der Waals surface area contributed by atoms with Crippen LogP contribution >= 0.6 is 11.6 Å². The third-order valence-electron chi connectivity index (χ3n) is 7.17. The van der Waals surface area contributed by atoms with Gasteiger partial charge in [0.05, 0.1) is 11.6 Å². The lowest BCUT2D eigenvalue weighted by Gasteiger charge is -2.33. The van der Waals surface area contributed by atoms with Crippen LogP contribution in [0.1, 0.15) is 58.4 Å². The Labute approximate surface area is 237 Å². The van der Waals surface area contributed by atoms with Crippen molar-refractivity contribution in [2.24, 2.45) is 0 Å². The Morgan fingerprint density at radius 2 is 1.68 bits per heavy atom. The molecule has 1 heterocycles. The number of rotatable bonds is 9. The highest BCUT2D eigenvalue weighted by molar-refractivity contribution is 6.33. The van der Waals surface area contributed by atoms with E-state index >= 15 is 0 Å². The molecule has 0 saturated carbocycles. The van der Waals surface area contributed by atoms with Crippen molar-refractivity contribution in [2.75, 3.05) is 13.2 Å². The van der Waals surface area contributed by atoms with Crippen molar-refractivity contribution in [1.82, 2.24) is 10.6 Å². The molecule has 0 aliphatic carbocycles. The number of halogens is 1. The van der Waals surface area contributed by atoms with Gasteiger partial charge in [-0.25, -0.2) is 4.79 Å². The first-order chi connectivity index (χ1) is 19.2. The van der Waals surface area contributed by atoms with Gasteiger partial charge in [0, 0.05) is 42.2 Å². The van der Waals surface area contributed by atoms with Gasteiger partial charge in [0.25, 0.3) is 5.91 Å². The molecule has 1 saturated heterocycles. The van der Waals surface area contributed by atoms with Gasteiger partial charge in [-0.2, -0.15) is 5.26 Å². The lowest BCUT2D eigenvalue weighted by molar-refractivity contribution is -0.125. The number of nitriles is 1. The van der Waals surface area contributed by atoms with Crippen molar-refractivity contribution in [3.63, 3.8) is 0 Å². The topological polar surface area (TPSA) is 129 Å². The first-order valence-corrected chi connectivity index (χ1v) is 13.4. The van der Waals surface area contributed by atoms with Gasteiger partial charge in [0.2, 0.25) is 5.91 Å². The fourth-order valence-corrected chi connectivity index (χ4v) is 4.96. The van der Waals surface area contributed by atoms with Gasteiger partial charge >= 0.3 is 5.97 Å². The van der Waals surface area contributed by atoms with Crippen LogP contribution in [0.25, 0.3) is 11.1 Å². The number of hydrogen-bond donors (Lipinski definition) is 3. The van der Waals surface area contributed by atoms with E-state index in [9.17, 15) is 24.8 Å². The molecule has 0 aromatic heterocycles. The summed E-state index contributed by atoms with van der Waals surface area (Å²) in [5, 5.41) is 25.3.